The number of amides is 3. The molecule has 2 atom stereocenters. The monoisotopic (exact) mass is 340 g/mol. The van der Waals surface area contributed by atoms with Crippen LogP contribution in [0.15, 0.2) is 29.2 Å². The van der Waals surface area contributed by atoms with Crippen LogP contribution >= 0.6 is 23.4 Å². The second-order valence-corrected chi connectivity index (χ2v) is 7.12. The van der Waals surface area contributed by atoms with Gasteiger partial charge in [-0.05, 0) is 43.0 Å². The third-order valence-corrected chi connectivity index (χ3v) is 5.13. The average molecular weight is 341 g/mol. The van der Waals surface area contributed by atoms with Gasteiger partial charge in [0.05, 0.1) is 5.75 Å². The predicted molar refractivity (Wildman–Crippen MR) is 90.3 cm³/mol. The fourth-order valence-electron chi connectivity index (χ4n) is 2.58. The van der Waals surface area contributed by atoms with E-state index < -0.39 is 0 Å². The van der Waals surface area contributed by atoms with Crippen LogP contribution in [0.5, 0.6) is 0 Å². The lowest BCUT2D eigenvalue weighted by atomic mass is 9.86. The molecule has 1 aromatic carbocycles. The predicted octanol–water partition coefficient (Wildman–Crippen LogP) is 3.84. The van der Waals surface area contributed by atoms with E-state index >= 15 is 0 Å². The van der Waals surface area contributed by atoms with Crippen LogP contribution in [0.2, 0.25) is 5.02 Å². The van der Waals surface area contributed by atoms with E-state index in [1.54, 1.807) is 12.1 Å². The second kappa shape index (κ2) is 8.44. The summed E-state index contributed by atoms with van der Waals surface area (Å²) in [5.74, 6) is 0.383. The smallest absolute Gasteiger partial charge is 0.321 e. The number of urea groups is 1. The highest BCUT2D eigenvalue weighted by Crippen LogP contribution is 2.23. The molecule has 0 saturated heterocycles. The van der Waals surface area contributed by atoms with E-state index in [0.29, 0.717) is 10.9 Å². The molecule has 4 nitrogen and oxygen atoms in total. The molecule has 1 saturated carbocycles. The first-order valence-electron chi connectivity index (χ1n) is 7.53. The quantitative estimate of drug-likeness (QED) is 0.819. The standard InChI is InChI=1S/C16H21ClN2O2S/c1-11-4-2-3-5-14(11)18-16(21)19-15(20)10-22-13-8-6-12(17)7-9-13/h6-9,11,14H,2-5,10H2,1H3,(H2,18,19,20,21). The zero-order chi connectivity index (χ0) is 15.9. The maximum atomic E-state index is 11.9. The van der Waals surface area contributed by atoms with Crippen molar-refractivity contribution in [1.29, 1.82) is 0 Å². The number of thioether (sulfide) groups is 1. The first kappa shape index (κ1) is 17.2. The molecule has 0 aliphatic heterocycles. The minimum Gasteiger partial charge on any atom is -0.335 e. The molecule has 3 amide bonds. The van der Waals surface area contributed by atoms with E-state index in [2.05, 4.69) is 17.6 Å². The highest BCUT2D eigenvalue weighted by atomic mass is 35.5. The summed E-state index contributed by atoms with van der Waals surface area (Å²) in [7, 11) is 0. The minimum atomic E-state index is -0.388. The van der Waals surface area contributed by atoms with Crippen LogP contribution < -0.4 is 10.6 Å². The van der Waals surface area contributed by atoms with Gasteiger partial charge in [0, 0.05) is 16.0 Å². The van der Waals surface area contributed by atoms with Crippen LogP contribution in [-0.4, -0.2) is 23.7 Å². The number of carbonyl (C=O) groups excluding carboxylic acids is 2. The van der Waals surface area contributed by atoms with Crippen molar-refractivity contribution in [3.8, 4) is 0 Å². The number of hydrogen-bond donors (Lipinski definition) is 2. The summed E-state index contributed by atoms with van der Waals surface area (Å²) in [6.45, 7) is 2.14. The molecule has 0 radical (unpaired) electrons. The minimum absolute atomic E-state index is 0.172. The Morgan fingerprint density at radius 2 is 1.91 bits per heavy atom. The summed E-state index contributed by atoms with van der Waals surface area (Å²) < 4.78 is 0. The molecule has 22 heavy (non-hydrogen) atoms. The van der Waals surface area contributed by atoms with Gasteiger partial charge in [0.2, 0.25) is 5.91 Å². The van der Waals surface area contributed by atoms with Crippen molar-refractivity contribution in [3.63, 3.8) is 0 Å². The Morgan fingerprint density at radius 3 is 2.59 bits per heavy atom. The molecule has 0 heterocycles. The molecule has 6 heteroatoms. The van der Waals surface area contributed by atoms with Crippen LogP contribution in [0, 0.1) is 5.92 Å². The molecule has 0 spiro atoms. The molecular formula is C16H21ClN2O2S. The van der Waals surface area contributed by atoms with Gasteiger partial charge in [-0.3, -0.25) is 10.1 Å². The lowest BCUT2D eigenvalue weighted by Gasteiger charge is -2.29. The van der Waals surface area contributed by atoms with Crippen molar-refractivity contribution in [2.24, 2.45) is 5.92 Å². The van der Waals surface area contributed by atoms with E-state index in [9.17, 15) is 9.59 Å². The van der Waals surface area contributed by atoms with E-state index in [-0.39, 0.29) is 23.7 Å². The number of nitrogens with one attached hydrogen (secondary N) is 2. The Balaban J connectivity index is 1.71. The zero-order valence-corrected chi connectivity index (χ0v) is 14.2. The summed E-state index contributed by atoms with van der Waals surface area (Å²) in [4.78, 5) is 24.6. The van der Waals surface area contributed by atoms with E-state index in [4.69, 9.17) is 11.6 Å². The van der Waals surface area contributed by atoms with Gasteiger partial charge in [0.1, 0.15) is 0 Å². The number of hydrogen-bond acceptors (Lipinski definition) is 3. The molecule has 1 fully saturated rings. The fraction of sp³-hybridized carbons (Fsp3) is 0.500. The van der Waals surface area contributed by atoms with Gasteiger partial charge >= 0.3 is 6.03 Å². The number of imide groups is 1. The highest BCUT2D eigenvalue weighted by Gasteiger charge is 2.23. The normalized spacial score (nSPS) is 21.2. The topological polar surface area (TPSA) is 58.2 Å². The first-order chi connectivity index (χ1) is 10.5. The largest absolute Gasteiger partial charge is 0.335 e. The van der Waals surface area contributed by atoms with Gasteiger partial charge in [0.25, 0.3) is 0 Å². The molecule has 1 aliphatic carbocycles. The number of halogens is 1. The molecule has 1 aliphatic rings. The Morgan fingerprint density at radius 1 is 1.23 bits per heavy atom. The second-order valence-electron chi connectivity index (χ2n) is 5.63. The van der Waals surface area contributed by atoms with Crippen molar-refractivity contribution in [1.82, 2.24) is 10.6 Å². The number of benzene rings is 1. The summed E-state index contributed by atoms with van der Waals surface area (Å²) in [6.07, 6.45) is 4.47. The molecule has 2 rings (SSSR count). The van der Waals surface area contributed by atoms with Crippen LogP contribution in [0.3, 0.4) is 0 Å². The summed E-state index contributed by atoms with van der Waals surface area (Å²) in [6, 6.07) is 7.04. The van der Waals surface area contributed by atoms with Gasteiger partial charge in [-0.15, -0.1) is 11.8 Å². The summed E-state index contributed by atoms with van der Waals surface area (Å²) in [5.41, 5.74) is 0. The van der Waals surface area contributed by atoms with E-state index in [1.165, 1.54) is 18.2 Å². The average Bonchev–Trinajstić information content (AvgIpc) is 2.49. The van der Waals surface area contributed by atoms with Gasteiger partial charge in [-0.1, -0.05) is 31.4 Å². The molecule has 2 unspecified atom stereocenters. The lowest BCUT2D eigenvalue weighted by molar-refractivity contribution is -0.117. The van der Waals surface area contributed by atoms with Gasteiger partial charge in [-0.2, -0.15) is 0 Å². The molecule has 2 N–H and O–H groups in total. The van der Waals surface area contributed by atoms with Crippen molar-refractivity contribution in [3.05, 3.63) is 29.3 Å². The van der Waals surface area contributed by atoms with Crippen molar-refractivity contribution < 1.29 is 9.59 Å². The SMILES string of the molecule is CC1CCCCC1NC(=O)NC(=O)CSc1ccc(Cl)cc1. The first-order valence-corrected chi connectivity index (χ1v) is 8.89. The lowest BCUT2D eigenvalue weighted by Crippen LogP contribution is -2.48. The van der Waals surface area contributed by atoms with Gasteiger partial charge in [-0.25, -0.2) is 4.79 Å². The molecule has 120 valence electrons. The number of carbonyl (C=O) groups is 2. The Hall–Kier alpha value is -1.20. The maximum absolute atomic E-state index is 11.9. The van der Waals surface area contributed by atoms with Gasteiger partial charge in [0.15, 0.2) is 0 Å². The highest BCUT2D eigenvalue weighted by molar-refractivity contribution is 8.00. The maximum Gasteiger partial charge on any atom is 0.321 e. The molecule has 0 aromatic heterocycles. The Bertz CT molecular complexity index is 521. The Labute approximate surface area is 140 Å². The van der Waals surface area contributed by atoms with Crippen LogP contribution in [0.4, 0.5) is 4.79 Å². The van der Waals surface area contributed by atoms with Crippen molar-refractivity contribution >= 4 is 35.3 Å². The van der Waals surface area contributed by atoms with Crippen LogP contribution in [0.25, 0.3) is 0 Å². The third kappa shape index (κ3) is 5.54. The van der Waals surface area contributed by atoms with Crippen LogP contribution in [0.1, 0.15) is 32.6 Å². The van der Waals surface area contributed by atoms with E-state index in [1.807, 2.05) is 12.1 Å². The zero-order valence-electron chi connectivity index (χ0n) is 12.6. The van der Waals surface area contributed by atoms with Gasteiger partial charge < -0.3 is 5.32 Å². The van der Waals surface area contributed by atoms with E-state index in [0.717, 1.165) is 24.2 Å². The number of rotatable bonds is 4. The Kier molecular flexibility index (Phi) is 6.58. The van der Waals surface area contributed by atoms with Crippen molar-refractivity contribution in [2.45, 2.75) is 43.5 Å². The molecule has 0 bridgehead atoms. The van der Waals surface area contributed by atoms with Crippen molar-refractivity contribution in [2.75, 3.05) is 5.75 Å². The fourth-order valence-corrected chi connectivity index (χ4v) is 3.40. The molecular weight excluding hydrogens is 320 g/mol. The summed E-state index contributed by atoms with van der Waals surface area (Å²) >= 11 is 7.18. The molecule has 1 aromatic rings. The van der Waals surface area contributed by atoms with Crippen LogP contribution in [-0.2, 0) is 4.79 Å². The summed E-state index contributed by atoms with van der Waals surface area (Å²) in [5, 5.41) is 5.96. The third-order valence-electron chi connectivity index (χ3n) is 3.86.